The lowest BCUT2D eigenvalue weighted by Gasteiger charge is -2.25. The van der Waals surface area contributed by atoms with Gasteiger partial charge >= 0.3 is 0 Å². The molecule has 1 saturated heterocycles. The van der Waals surface area contributed by atoms with Crippen molar-refractivity contribution in [3.63, 3.8) is 0 Å². The van der Waals surface area contributed by atoms with Crippen molar-refractivity contribution in [2.24, 2.45) is 0 Å². The van der Waals surface area contributed by atoms with E-state index in [4.69, 9.17) is 4.74 Å². The number of aliphatic hydroxyl groups is 1. The molecule has 7 nitrogen and oxygen atoms in total. The highest BCUT2D eigenvalue weighted by atomic mass is 16.5. The van der Waals surface area contributed by atoms with Crippen molar-refractivity contribution in [1.29, 1.82) is 0 Å². The predicted octanol–water partition coefficient (Wildman–Crippen LogP) is 4.59. The number of aliphatic hydroxyl groups excluding tert-OH is 1. The number of hydrogen-bond acceptors (Lipinski definition) is 6. The molecule has 174 valence electrons. The number of pyridine rings is 1. The van der Waals surface area contributed by atoms with E-state index >= 15 is 0 Å². The largest absolute Gasteiger partial charge is 0.508 e. The number of aromatic hydroxyl groups is 1. The topological polar surface area (TPSA) is 100.0 Å². The Bertz CT molecular complexity index is 1190. The molecule has 3 aromatic rings. The third-order valence-electron chi connectivity index (χ3n) is 5.72. The van der Waals surface area contributed by atoms with E-state index < -0.39 is 17.7 Å². The van der Waals surface area contributed by atoms with Crippen LogP contribution in [0, 0.1) is 0 Å². The minimum absolute atomic E-state index is 0.000712. The quantitative estimate of drug-likeness (QED) is 0.222. The number of amides is 1. The Balaban J connectivity index is 1.74. The summed E-state index contributed by atoms with van der Waals surface area (Å²) < 4.78 is 5.67. The summed E-state index contributed by atoms with van der Waals surface area (Å²) in [5.74, 6) is -1.00. The molecule has 1 atom stereocenters. The maximum atomic E-state index is 13.1. The fraction of sp³-hybridized carbons (Fsp3) is 0.222. The second kappa shape index (κ2) is 10.2. The van der Waals surface area contributed by atoms with Crippen molar-refractivity contribution in [2.75, 3.05) is 6.61 Å². The summed E-state index contributed by atoms with van der Waals surface area (Å²) >= 11 is 0. The Morgan fingerprint density at radius 3 is 2.44 bits per heavy atom. The molecule has 4 rings (SSSR count). The van der Waals surface area contributed by atoms with E-state index in [2.05, 4.69) is 11.9 Å². The highest BCUT2D eigenvalue weighted by Crippen LogP contribution is 2.40. The summed E-state index contributed by atoms with van der Waals surface area (Å²) in [5, 5.41) is 20.9. The monoisotopic (exact) mass is 458 g/mol. The van der Waals surface area contributed by atoms with E-state index in [9.17, 15) is 19.8 Å². The molecule has 1 aromatic heterocycles. The molecule has 1 amide bonds. The van der Waals surface area contributed by atoms with Crippen LogP contribution in [0.1, 0.15) is 42.5 Å². The second-order valence-electron chi connectivity index (χ2n) is 8.11. The zero-order valence-electron chi connectivity index (χ0n) is 18.8. The zero-order chi connectivity index (χ0) is 24.1. The highest BCUT2D eigenvalue weighted by molar-refractivity contribution is 6.46. The third kappa shape index (κ3) is 4.78. The lowest BCUT2D eigenvalue weighted by atomic mass is 9.95. The van der Waals surface area contributed by atoms with Crippen LogP contribution < -0.4 is 4.74 Å². The number of rotatable bonds is 8. The normalized spacial score (nSPS) is 17.2. The number of aromatic nitrogens is 1. The molecular formula is C27H26N2O5. The van der Waals surface area contributed by atoms with Crippen LogP contribution in [0.5, 0.6) is 11.5 Å². The lowest BCUT2D eigenvalue weighted by Crippen LogP contribution is -2.29. The molecular weight excluding hydrogens is 432 g/mol. The first-order valence-corrected chi connectivity index (χ1v) is 11.2. The Kier molecular flexibility index (Phi) is 6.92. The van der Waals surface area contributed by atoms with Crippen LogP contribution in [0.4, 0.5) is 0 Å². The van der Waals surface area contributed by atoms with Crippen LogP contribution in [-0.2, 0) is 16.1 Å². The van der Waals surface area contributed by atoms with E-state index in [1.807, 2.05) is 6.07 Å². The van der Waals surface area contributed by atoms with Gasteiger partial charge in [-0.1, -0.05) is 31.5 Å². The highest BCUT2D eigenvalue weighted by Gasteiger charge is 2.46. The van der Waals surface area contributed by atoms with Crippen LogP contribution in [0.2, 0.25) is 0 Å². The van der Waals surface area contributed by atoms with Gasteiger partial charge in [-0.3, -0.25) is 14.6 Å². The van der Waals surface area contributed by atoms with Gasteiger partial charge in [0.25, 0.3) is 11.7 Å². The average Bonchev–Trinajstić information content (AvgIpc) is 3.10. The number of carbonyl (C=O) groups is 2. The van der Waals surface area contributed by atoms with Gasteiger partial charge in [-0.05, 0) is 60.0 Å². The number of benzene rings is 2. The number of carbonyl (C=O) groups excluding carboxylic acids is 2. The Hall–Kier alpha value is -4.13. The number of ketones is 1. The van der Waals surface area contributed by atoms with Crippen LogP contribution in [0.15, 0.2) is 78.6 Å². The molecule has 2 N–H and O–H groups in total. The molecule has 2 heterocycles. The molecule has 1 fully saturated rings. The fourth-order valence-electron chi connectivity index (χ4n) is 3.93. The molecule has 1 aliphatic rings. The molecule has 34 heavy (non-hydrogen) atoms. The van der Waals surface area contributed by atoms with E-state index in [0.717, 1.165) is 18.4 Å². The van der Waals surface area contributed by atoms with Crippen molar-refractivity contribution >= 4 is 17.4 Å². The summed E-state index contributed by atoms with van der Waals surface area (Å²) in [4.78, 5) is 31.7. The van der Waals surface area contributed by atoms with Crippen LogP contribution in [0.3, 0.4) is 0 Å². The number of hydrogen-bond donors (Lipinski definition) is 2. The number of phenols is 1. The first-order valence-electron chi connectivity index (χ1n) is 11.2. The van der Waals surface area contributed by atoms with Gasteiger partial charge < -0.3 is 19.8 Å². The van der Waals surface area contributed by atoms with Crippen LogP contribution in [-0.4, -0.2) is 38.4 Å². The van der Waals surface area contributed by atoms with Gasteiger partial charge in [-0.2, -0.15) is 0 Å². The minimum Gasteiger partial charge on any atom is -0.508 e. The molecule has 0 saturated carbocycles. The summed E-state index contributed by atoms with van der Waals surface area (Å²) in [6.45, 7) is 2.83. The Morgan fingerprint density at radius 1 is 1.06 bits per heavy atom. The van der Waals surface area contributed by atoms with Crippen molar-refractivity contribution in [1.82, 2.24) is 9.88 Å². The first kappa shape index (κ1) is 23.0. The smallest absolute Gasteiger partial charge is 0.295 e. The number of Topliss-reactive ketones (excluding diaryl/α,β-unsaturated/α-hetero) is 1. The summed E-state index contributed by atoms with van der Waals surface area (Å²) in [6, 6.07) is 15.8. The number of ether oxygens (including phenoxy) is 1. The Labute approximate surface area is 198 Å². The molecule has 2 aromatic carbocycles. The molecule has 7 heteroatoms. The molecule has 0 aliphatic carbocycles. The third-order valence-corrected chi connectivity index (χ3v) is 5.72. The van der Waals surface area contributed by atoms with E-state index in [-0.39, 0.29) is 23.6 Å². The average molecular weight is 459 g/mol. The number of nitrogens with zero attached hydrogens (tertiary/aromatic N) is 2. The van der Waals surface area contributed by atoms with Crippen LogP contribution >= 0.6 is 0 Å². The minimum atomic E-state index is -0.818. The molecule has 0 unspecified atom stereocenters. The Morgan fingerprint density at radius 2 is 1.79 bits per heavy atom. The lowest BCUT2D eigenvalue weighted by molar-refractivity contribution is -0.140. The van der Waals surface area contributed by atoms with E-state index in [1.54, 1.807) is 54.9 Å². The van der Waals surface area contributed by atoms with Gasteiger partial charge in [0.1, 0.15) is 17.3 Å². The fourth-order valence-corrected chi connectivity index (χ4v) is 3.93. The second-order valence-corrected chi connectivity index (χ2v) is 8.11. The predicted molar refractivity (Wildman–Crippen MR) is 127 cm³/mol. The molecule has 0 radical (unpaired) electrons. The van der Waals surface area contributed by atoms with Crippen molar-refractivity contribution < 1.29 is 24.5 Å². The molecule has 0 bridgehead atoms. The standard InChI is InChI=1S/C27H26N2O5/c1-2-3-15-34-22-12-8-20(9-13-22)25(31)23-24(19-6-10-21(30)11-7-19)29(27(33)26(23)32)17-18-5-4-14-28-16-18/h4-14,16,24,30-31H,2-3,15,17H2,1H3/b25-23+/t24-/m1/s1. The SMILES string of the molecule is CCCCOc1ccc(/C(O)=C2\C(=O)C(=O)N(Cc3cccnc3)[C@@H]2c2ccc(O)cc2)cc1. The number of unbranched alkanes of at least 4 members (excludes halogenated alkanes) is 1. The molecule has 0 spiro atoms. The van der Waals surface area contributed by atoms with Gasteiger partial charge in [0.2, 0.25) is 0 Å². The first-order chi connectivity index (χ1) is 16.5. The van der Waals surface area contributed by atoms with Crippen molar-refractivity contribution in [3.05, 3.63) is 95.3 Å². The van der Waals surface area contributed by atoms with Gasteiger partial charge in [-0.15, -0.1) is 0 Å². The van der Waals surface area contributed by atoms with Crippen molar-refractivity contribution in [2.45, 2.75) is 32.4 Å². The van der Waals surface area contributed by atoms with E-state index in [1.165, 1.54) is 17.0 Å². The summed E-state index contributed by atoms with van der Waals surface area (Å²) in [5.41, 5.74) is 1.76. The van der Waals surface area contributed by atoms with E-state index in [0.29, 0.717) is 23.5 Å². The summed E-state index contributed by atoms with van der Waals surface area (Å²) in [6.07, 6.45) is 5.22. The maximum Gasteiger partial charge on any atom is 0.295 e. The van der Waals surface area contributed by atoms with Gasteiger partial charge in [0, 0.05) is 24.5 Å². The van der Waals surface area contributed by atoms with Crippen molar-refractivity contribution in [3.8, 4) is 11.5 Å². The van der Waals surface area contributed by atoms with Gasteiger partial charge in [-0.25, -0.2) is 0 Å². The maximum absolute atomic E-state index is 13.1. The zero-order valence-corrected chi connectivity index (χ0v) is 18.8. The summed E-state index contributed by atoms with van der Waals surface area (Å²) in [7, 11) is 0. The number of likely N-dealkylation sites (tertiary alicyclic amines) is 1. The van der Waals surface area contributed by atoms with Gasteiger partial charge in [0.05, 0.1) is 18.2 Å². The number of phenolic OH excluding ortho intramolecular Hbond substituents is 1. The molecule has 1 aliphatic heterocycles. The van der Waals surface area contributed by atoms with Crippen LogP contribution in [0.25, 0.3) is 5.76 Å². The van der Waals surface area contributed by atoms with Gasteiger partial charge in [0.15, 0.2) is 0 Å².